The summed E-state index contributed by atoms with van der Waals surface area (Å²) in [4.78, 5) is 2.46. The van der Waals surface area contributed by atoms with E-state index in [2.05, 4.69) is 23.5 Å². The van der Waals surface area contributed by atoms with E-state index >= 15 is 0 Å². The van der Waals surface area contributed by atoms with Gasteiger partial charge in [0, 0.05) is 17.6 Å². The highest BCUT2D eigenvalue weighted by Crippen LogP contribution is 2.25. The maximum atomic E-state index is 12.4. The van der Waals surface area contributed by atoms with Gasteiger partial charge < -0.3 is 4.90 Å². The minimum absolute atomic E-state index is 0.0429. The van der Waals surface area contributed by atoms with Crippen molar-refractivity contribution in [2.45, 2.75) is 37.6 Å². The van der Waals surface area contributed by atoms with Crippen LogP contribution in [0.1, 0.15) is 26.7 Å². The monoisotopic (exact) mass is 364 g/mol. The van der Waals surface area contributed by atoms with Crippen molar-refractivity contribution in [3.8, 4) is 0 Å². The van der Waals surface area contributed by atoms with Gasteiger partial charge in [0.15, 0.2) is 0 Å². The first kappa shape index (κ1) is 18.0. The Bertz CT molecular complexity index is 612. The molecule has 0 radical (unpaired) electrons. The van der Waals surface area contributed by atoms with Gasteiger partial charge in [-0.25, -0.2) is 13.1 Å². The number of rotatable bonds is 5. The van der Waals surface area contributed by atoms with E-state index in [0.29, 0.717) is 23.5 Å². The van der Waals surface area contributed by atoms with Crippen LogP contribution in [0.3, 0.4) is 0 Å². The second-order valence-electron chi connectivity index (χ2n) is 6.00. The van der Waals surface area contributed by atoms with E-state index in [1.165, 1.54) is 12.1 Å². The molecule has 0 amide bonds. The molecule has 22 heavy (non-hydrogen) atoms. The van der Waals surface area contributed by atoms with Crippen LogP contribution in [-0.4, -0.2) is 39.0 Å². The highest BCUT2D eigenvalue weighted by molar-refractivity contribution is 7.89. The Labute approximate surface area is 142 Å². The standard InChI is InChI=1S/C15H22Cl2N2O2S/c1-11(2)19-7-5-12(6-8-19)10-18-22(20,21)15-9-13(16)3-4-14(15)17/h3-4,9,11-12,18H,5-8,10H2,1-2H3. The zero-order valence-electron chi connectivity index (χ0n) is 12.9. The second kappa shape index (κ2) is 7.49. The van der Waals surface area contributed by atoms with Gasteiger partial charge in [-0.15, -0.1) is 0 Å². The van der Waals surface area contributed by atoms with Gasteiger partial charge >= 0.3 is 0 Å². The van der Waals surface area contributed by atoms with Gasteiger partial charge in [-0.2, -0.15) is 0 Å². The van der Waals surface area contributed by atoms with Crippen LogP contribution in [-0.2, 0) is 10.0 Å². The van der Waals surface area contributed by atoms with E-state index in [1.807, 2.05) is 0 Å². The molecule has 0 aliphatic carbocycles. The lowest BCUT2D eigenvalue weighted by molar-refractivity contribution is 0.151. The minimum atomic E-state index is -3.62. The number of hydrogen-bond acceptors (Lipinski definition) is 3. The molecular formula is C15H22Cl2N2O2S. The van der Waals surface area contributed by atoms with Crippen LogP contribution in [0.5, 0.6) is 0 Å². The SMILES string of the molecule is CC(C)N1CCC(CNS(=O)(=O)c2cc(Cl)ccc2Cl)CC1. The Morgan fingerprint density at radius 1 is 1.27 bits per heavy atom. The van der Waals surface area contributed by atoms with Crippen molar-refractivity contribution < 1.29 is 8.42 Å². The highest BCUT2D eigenvalue weighted by Gasteiger charge is 2.24. The third kappa shape index (κ3) is 4.59. The van der Waals surface area contributed by atoms with Gasteiger partial charge in [0.1, 0.15) is 4.90 Å². The van der Waals surface area contributed by atoms with E-state index in [0.717, 1.165) is 25.9 Å². The number of nitrogens with zero attached hydrogens (tertiary/aromatic N) is 1. The lowest BCUT2D eigenvalue weighted by atomic mass is 9.96. The van der Waals surface area contributed by atoms with Gasteiger partial charge in [-0.1, -0.05) is 23.2 Å². The number of nitrogens with one attached hydrogen (secondary N) is 1. The molecule has 0 spiro atoms. The van der Waals surface area contributed by atoms with Crippen molar-refractivity contribution in [2.75, 3.05) is 19.6 Å². The first-order valence-corrected chi connectivity index (χ1v) is 9.72. The number of hydrogen-bond donors (Lipinski definition) is 1. The molecule has 0 saturated carbocycles. The van der Waals surface area contributed by atoms with E-state index in [4.69, 9.17) is 23.2 Å². The Morgan fingerprint density at radius 2 is 1.91 bits per heavy atom. The van der Waals surface area contributed by atoms with Crippen LogP contribution >= 0.6 is 23.2 Å². The van der Waals surface area contributed by atoms with Crippen LogP contribution in [0.2, 0.25) is 10.0 Å². The van der Waals surface area contributed by atoms with Crippen molar-refractivity contribution in [3.05, 3.63) is 28.2 Å². The fourth-order valence-electron chi connectivity index (χ4n) is 2.66. The smallest absolute Gasteiger partial charge is 0.242 e. The van der Waals surface area contributed by atoms with Crippen LogP contribution in [0.15, 0.2) is 23.1 Å². The molecule has 1 heterocycles. The van der Waals surface area contributed by atoms with E-state index in [9.17, 15) is 8.42 Å². The molecule has 1 aliphatic heterocycles. The number of piperidine rings is 1. The largest absolute Gasteiger partial charge is 0.301 e. The first-order valence-electron chi connectivity index (χ1n) is 7.48. The van der Waals surface area contributed by atoms with Gasteiger partial charge in [-0.3, -0.25) is 0 Å². The van der Waals surface area contributed by atoms with Gasteiger partial charge in [0.2, 0.25) is 10.0 Å². The summed E-state index contributed by atoms with van der Waals surface area (Å²) in [6, 6.07) is 5.00. The maximum Gasteiger partial charge on any atom is 0.242 e. The molecule has 1 N–H and O–H groups in total. The fraction of sp³-hybridized carbons (Fsp3) is 0.600. The second-order valence-corrected chi connectivity index (χ2v) is 8.58. The Balaban J connectivity index is 1.95. The predicted molar refractivity (Wildman–Crippen MR) is 91.1 cm³/mol. The first-order chi connectivity index (χ1) is 10.3. The van der Waals surface area contributed by atoms with E-state index in [1.54, 1.807) is 6.07 Å². The number of benzene rings is 1. The quantitative estimate of drug-likeness (QED) is 0.870. The Hall–Kier alpha value is -0.330. The molecule has 124 valence electrons. The van der Waals surface area contributed by atoms with Crippen LogP contribution < -0.4 is 4.72 Å². The van der Waals surface area contributed by atoms with Crippen molar-refractivity contribution in [3.63, 3.8) is 0 Å². The molecular weight excluding hydrogens is 343 g/mol. The molecule has 1 saturated heterocycles. The Kier molecular flexibility index (Phi) is 6.14. The Morgan fingerprint density at radius 3 is 2.50 bits per heavy atom. The molecule has 4 nitrogen and oxygen atoms in total. The van der Waals surface area contributed by atoms with E-state index < -0.39 is 10.0 Å². The normalized spacial score (nSPS) is 18.0. The average Bonchev–Trinajstić information content (AvgIpc) is 2.48. The van der Waals surface area contributed by atoms with Crippen LogP contribution in [0.25, 0.3) is 0 Å². The number of likely N-dealkylation sites (tertiary alicyclic amines) is 1. The summed E-state index contributed by atoms with van der Waals surface area (Å²) in [6.45, 7) is 6.84. The van der Waals surface area contributed by atoms with Gasteiger partial charge in [-0.05, 0) is 63.9 Å². The molecule has 0 bridgehead atoms. The minimum Gasteiger partial charge on any atom is -0.301 e. The van der Waals surface area contributed by atoms with Gasteiger partial charge in [0.25, 0.3) is 0 Å². The van der Waals surface area contributed by atoms with E-state index in [-0.39, 0.29) is 9.92 Å². The van der Waals surface area contributed by atoms with Crippen molar-refractivity contribution >= 4 is 33.2 Å². The highest BCUT2D eigenvalue weighted by atomic mass is 35.5. The van der Waals surface area contributed by atoms with Gasteiger partial charge in [0.05, 0.1) is 5.02 Å². The third-order valence-corrected chi connectivity index (χ3v) is 6.26. The average molecular weight is 365 g/mol. The topological polar surface area (TPSA) is 49.4 Å². The summed E-state index contributed by atoms with van der Waals surface area (Å²) >= 11 is 11.8. The van der Waals surface area contributed by atoms with Crippen molar-refractivity contribution in [1.29, 1.82) is 0 Å². The lowest BCUT2D eigenvalue weighted by Gasteiger charge is -2.34. The third-order valence-electron chi connectivity index (χ3n) is 4.12. The predicted octanol–water partition coefficient (Wildman–Crippen LogP) is 3.39. The molecule has 1 fully saturated rings. The molecule has 7 heteroatoms. The molecule has 0 unspecified atom stereocenters. The molecule has 0 aromatic heterocycles. The van der Waals surface area contributed by atoms with Crippen LogP contribution in [0, 0.1) is 5.92 Å². The molecule has 0 atom stereocenters. The zero-order valence-corrected chi connectivity index (χ0v) is 15.2. The van der Waals surface area contributed by atoms with Crippen LogP contribution in [0.4, 0.5) is 0 Å². The van der Waals surface area contributed by atoms with Crippen molar-refractivity contribution in [2.24, 2.45) is 5.92 Å². The summed E-state index contributed by atoms with van der Waals surface area (Å²) in [5.74, 6) is 0.364. The zero-order chi connectivity index (χ0) is 16.3. The summed E-state index contributed by atoms with van der Waals surface area (Å²) in [6.07, 6.45) is 2.01. The molecule has 1 aromatic carbocycles. The summed E-state index contributed by atoms with van der Waals surface area (Å²) in [5.41, 5.74) is 0. The molecule has 2 rings (SSSR count). The lowest BCUT2D eigenvalue weighted by Crippen LogP contribution is -2.41. The number of sulfonamides is 1. The maximum absolute atomic E-state index is 12.4. The summed E-state index contributed by atoms with van der Waals surface area (Å²) in [5, 5.41) is 0.543. The molecule has 1 aromatic rings. The summed E-state index contributed by atoms with van der Waals surface area (Å²) in [7, 11) is -3.62. The van der Waals surface area contributed by atoms with Crippen molar-refractivity contribution in [1.82, 2.24) is 9.62 Å². The molecule has 1 aliphatic rings. The summed E-state index contributed by atoms with van der Waals surface area (Å²) < 4.78 is 27.4. The fourth-order valence-corrected chi connectivity index (χ4v) is 4.54. The number of halogens is 2.